The Labute approximate surface area is 117 Å². The van der Waals surface area contributed by atoms with E-state index in [1.165, 1.54) is 9.35 Å². The first-order chi connectivity index (χ1) is 8.27. The smallest absolute Gasteiger partial charge is 0.0480 e. The second kappa shape index (κ2) is 9.09. The molecule has 0 aliphatic rings. The van der Waals surface area contributed by atoms with Crippen LogP contribution in [0.1, 0.15) is 31.6 Å². The van der Waals surface area contributed by atoms with E-state index in [1.54, 1.807) is 0 Å². The lowest BCUT2D eigenvalue weighted by Crippen LogP contribution is -2.32. The first kappa shape index (κ1) is 15.2. The number of rotatable bonds is 9. The van der Waals surface area contributed by atoms with Gasteiger partial charge in [0, 0.05) is 28.6 Å². The van der Waals surface area contributed by atoms with Crippen molar-refractivity contribution in [2.45, 2.75) is 39.2 Å². The Morgan fingerprint density at radius 2 is 2.24 bits per heavy atom. The van der Waals surface area contributed by atoms with Gasteiger partial charge in [-0.3, -0.25) is 0 Å². The first-order valence-electron chi connectivity index (χ1n) is 6.30. The van der Waals surface area contributed by atoms with Crippen molar-refractivity contribution in [3.05, 3.63) is 20.8 Å². The molecule has 0 fully saturated rings. The summed E-state index contributed by atoms with van der Waals surface area (Å²) in [6.07, 6.45) is 3.27. The highest BCUT2D eigenvalue weighted by atomic mass is 79.9. The quantitative estimate of drug-likeness (QED) is 0.698. The van der Waals surface area contributed by atoms with E-state index in [0.29, 0.717) is 6.04 Å². The molecule has 0 radical (unpaired) electrons. The van der Waals surface area contributed by atoms with Crippen LogP contribution in [0.5, 0.6) is 0 Å². The summed E-state index contributed by atoms with van der Waals surface area (Å²) < 4.78 is 6.80. The number of nitrogens with one attached hydrogen (secondary N) is 1. The van der Waals surface area contributed by atoms with Crippen LogP contribution in [0.4, 0.5) is 0 Å². The molecule has 0 aliphatic carbocycles. The van der Waals surface area contributed by atoms with Crippen molar-refractivity contribution < 1.29 is 4.74 Å². The standard InChI is InChI=1S/C13H22BrNOS/c1-3-7-16-8-5-11(15-4-2)10-13-12(14)6-9-17-13/h6,9,11,15H,3-5,7-8,10H2,1-2H3. The zero-order chi connectivity index (χ0) is 12.5. The van der Waals surface area contributed by atoms with Crippen LogP contribution in [0.25, 0.3) is 0 Å². The highest BCUT2D eigenvalue weighted by Crippen LogP contribution is 2.24. The third kappa shape index (κ3) is 6.00. The summed E-state index contributed by atoms with van der Waals surface area (Å²) >= 11 is 5.41. The predicted octanol–water partition coefficient (Wildman–Crippen LogP) is 3.85. The third-order valence-electron chi connectivity index (χ3n) is 2.57. The number of likely N-dealkylation sites (N-methyl/N-ethyl adjacent to an activating group) is 1. The number of hydrogen-bond acceptors (Lipinski definition) is 3. The van der Waals surface area contributed by atoms with E-state index in [-0.39, 0.29) is 0 Å². The summed E-state index contributed by atoms with van der Waals surface area (Å²) in [5, 5.41) is 5.67. The lowest BCUT2D eigenvalue weighted by Gasteiger charge is -2.17. The zero-order valence-electron chi connectivity index (χ0n) is 10.7. The Balaban J connectivity index is 2.35. The molecule has 0 aromatic carbocycles. The second-order valence-electron chi connectivity index (χ2n) is 4.05. The molecule has 0 bridgehead atoms. The van der Waals surface area contributed by atoms with Gasteiger partial charge in [-0.15, -0.1) is 11.3 Å². The van der Waals surface area contributed by atoms with E-state index in [0.717, 1.165) is 39.0 Å². The minimum absolute atomic E-state index is 0.520. The van der Waals surface area contributed by atoms with E-state index >= 15 is 0 Å². The predicted molar refractivity (Wildman–Crippen MR) is 78.9 cm³/mol. The normalized spacial score (nSPS) is 12.9. The fourth-order valence-corrected chi connectivity index (χ4v) is 3.33. The van der Waals surface area contributed by atoms with E-state index in [1.807, 2.05) is 11.3 Å². The summed E-state index contributed by atoms with van der Waals surface area (Å²) in [5.74, 6) is 0. The van der Waals surface area contributed by atoms with Crippen molar-refractivity contribution in [2.75, 3.05) is 19.8 Å². The van der Waals surface area contributed by atoms with Crippen LogP contribution in [0.3, 0.4) is 0 Å². The summed E-state index contributed by atoms with van der Waals surface area (Å²) in [4.78, 5) is 1.42. The molecule has 0 aliphatic heterocycles. The van der Waals surface area contributed by atoms with Crippen LogP contribution < -0.4 is 5.32 Å². The molecule has 0 amide bonds. The highest BCUT2D eigenvalue weighted by molar-refractivity contribution is 9.10. The van der Waals surface area contributed by atoms with E-state index in [2.05, 4.69) is 46.5 Å². The van der Waals surface area contributed by atoms with Crippen molar-refractivity contribution in [1.82, 2.24) is 5.32 Å². The first-order valence-corrected chi connectivity index (χ1v) is 7.98. The van der Waals surface area contributed by atoms with Crippen molar-refractivity contribution in [3.63, 3.8) is 0 Å². The van der Waals surface area contributed by atoms with Gasteiger partial charge in [-0.25, -0.2) is 0 Å². The molecule has 4 heteroatoms. The lowest BCUT2D eigenvalue weighted by atomic mass is 10.1. The van der Waals surface area contributed by atoms with Gasteiger partial charge in [-0.05, 0) is 53.2 Å². The zero-order valence-corrected chi connectivity index (χ0v) is 13.1. The SMILES string of the molecule is CCCOCCC(Cc1sccc1Br)NCC. The average molecular weight is 320 g/mol. The average Bonchev–Trinajstić information content (AvgIpc) is 2.71. The van der Waals surface area contributed by atoms with Crippen LogP contribution in [0.2, 0.25) is 0 Å². The van der Waals surface area contributed by atoms with Crippen LogP contribution in [0, 0.1) is 0 Å². The number of ether oxygens (including phenoxy) is 1. The summed E-state index contributed by atoms with van der Waals surface area (Å²) in [6.45, 7) is 7.05. The molecule has 1 aromatic heterocycles. The Morgan fingerprint density at radius 1 is 1.41 bits per heavy atom. The molecule has 2 nitrogen and oxygen atoms in total. The van der Waals surface area contributed by atoms with Crippen LogP contribution in [-0.2, 0) is 11.2 Å². The fourth-order valence-electron chi connectivity index (χ4n) is 1.73. The number of halogens is 1. The van der Waals surface area contributed by atoms with Crippen molar-refractivity contribution in [3.8, 4) is 0 Å². The van der Waals surface area contributed by atoms with Gasteiger partial charge in [0.25, 0.3) is 0 Å². The maximum atomic E-state index is 5.56. The van der Waals surface area contributed by atoms with Gasteiger partial charge in [0.2, 0.25) is 0 Å². The fraction of sp³-hybridized carbons (Fsp3) is 0.692. The summed E-state index contributed by atoms with van der Waals surface area (Å²) in [5.41, 5.74) is 0. The van der Waals surface area contributed by atoms with E-state index in [4.69, 9.17) is 4.74 Å². The molecule has 1 aromatic rings. The van der Waals surface area contributed by atoms with Crippen molar-refractivity contribution in [2.24, 2.45) is 0 Å². The van der Waals surface area contributed by atoms with Crippen LogP contribution >= 0.6 is 27.3 Å². The monoisotopic (exact) mass is 319 g/mol. The number of thiophene rings is 1. The molecule has 0 spiro atoms. The Kier molecular flexibility index (Phi) is 8.10. The molecule has 1 unspecified atom stereocenters. The van der Waals surface area contributed by atoms with Gasteiger partial charge in [0.15, 0.2) is 0 Å². The van der Waals surface area contributed by atoms with Gasteiger partial charge in [-0.1, -0.05) is 13.8 Å². The summed E-state index contributed by atoms with van der Waals surface area (Å²) in [7, 11) is 0. The maximum Gasteiger partial charge on any atom is 0.0480 e. The molecular formula is C13H22BrNOS. The van der Waals surface area contributed by atoms with Crippen molar-refractivity contribution in [1.29, 1.82) is 0 Å². The minimum Gasteiger partial charge on any atom is -0.381 e. The van der Waals surface area contributed by atoms with Crippen LogP contribution in [-0.4, -0.2) is 25.8 Å². The van der Waals surface area contributed by atoms with Gasteiger partial charge < -0.3 is 10.1 Å². The van der Waals surface area contributed by atoms with Gasteiger partial charge in [-0.2, -0.15) is 0 Å². The van der Waals surface area contributed by atoms with E-state index in [9.17, 15) is 0 Å². The Morgan fingerprint density at radius 3 is 2.82 bits per heavy atom. The Bertz CT molecular complexity index is 303. The van der Waals surface area contributed by atoms with Crippen LogP contribution in [0.15, 0.2) is 15.9 Å². The molecule has 1 heterocycles. The van der Waals surface area contributed by atoms with Crippen molar-refractivity contribution >= 4 is 27.3 Å². The summed E-state index contributed by atoms with van der Waals surface area (Å²) in [6, 6.07) is 2.64. The molecule has 0 saturated heterocycles. The second-order valence-corrected chi connectivity index (χ2v) is 5.91. The van der Waals surface area contributed by atoms with Gasteiger partial charge in [0.1, 0.15) is 0 Å². The largest absolute Gasteiger partial charge is 0.381 e. The molecule has 0 saturated carbocycles. The molecular weight excluding hydrogens is 298 g/mol. The maximum absolute atomic E-state index is 5.56. The lowest BCUT2D eigenvalue weighted by molar-refractivity contribution is 0.124. The van der Waals surface area contributed by atoms with Gasteiger partial charge in [0.05, 0.1) is 0 Å². The molecule has 98 valence electrons. The highest BCUT2D eigenvalue weighted by Gasteiger charge is 2.11. The van der Waals surface area contributed by atoms with E-state index < -0.39 is 0 Å². The molecule has 17 heavy (non-hydrogen) atoms. The molecule has 1 atom stereocenters. The Hall–Kier alpha value is 0.1000. The topological polar surface area (TPSA) is 21.3 Å². The third-order valence-corrected chi connectivity index (χ3v) is 4.52. The molecule has 1 N–H and O–H groups in total. The number of hydrogen-bond donors (Lipinski definition) is 1. The van der Waals surface area contributed by atoms with Gasteiger partial charge >= 0.3 is 0 Å². The molecule has 1 rings (SSSR count). The minimum atomic E-state index is 0.520.